The average Bonchev–Trinajstić information content (AvgIpc) is 3.06. The summed E-state index contributed by atoms with van der Waals surface area (Å²) in [5.41, 5.74) is 1.83. The number of ether oxygens (including phenoxy) is 1. The van der Waals surface area contributed by atoms with Crippen molar-refractivity contribution < 1.29 is 24.2 Å². The molecule has 6 rings (SSSR count). The lowest BCUT2D eigenvalue weighted by Gasteiger charge is -2.61. The summed E-state index contributed by atoms with van der Waals surface area (Å²) in [6.45, 7) is 2.49. The second kappa shape index (κ2) is 7.81. The molecule has 2 saturated heterocycles. The fraction of sp³-hybridized carbons (Fsp3) is 0.640. The van der Waals surface area contributed by atoms with Crippen molar-refractivity contribution in [1.29, 1.82) is 0 Å². The molecule has 0 bridgehead atoms. The van der Waals surface area contributed by atoms with E-state index in [1.165, 1.54) is 6.42 Å². The number of benzene rings is 1. The second-order valence-corrected chi connectivity index (χ2v) is 10.7. The van der Waals surface area contributed by atoms with Crippen molar-refractivity contribution in [2.24, 2.45) is 5.41 Å². The number of carbonyl (C=O) groups excluding carboxylic acids is 3. The van der Waals surface area contributed by atoms with Crippen molar-refractivity contribution in [2.45, 2.75) is 82.2 Å². The van der Waals surface area contributed by atoms with Gasteiger partial charge in [0, 0.05) is 43.1 Å². The lowest BCUT2D eigenvalue weighted by molar-refractivity contribution is -0.156. The largest absolute Gasteiger partial charge is 0.489 e. The number of fused-ring (bicyclic) bond motifs is 1. The third-order valence-electron chi connectivity index (χ3n) is 8.33. The van der Waals surface area contributed by atoms with Gasteiger partial charge >= 0.3 is 0 Å². The van der Waals surface area contributed by atoms with Crippen LogP contribution in [0.2, 0.25) is 0 Å². The van der Waals surface area contributed by atoms with Gasteiger partial charge in [-0.25, -0.2) is 0 Å². The molecule has 3 heterocycles. The highest BCUT2D eigenvalue weighted by molar-refractivity contribution is 6.05. The summed E-state index contributed by atoms with van der Waals surface area (Å²) in [5, 5.41) is 12.1. The van der Waals surface area contributed by atoms with Crippen molar-refractivity contribution in [2.75, 3.05) is 13.1 Å². The molecule has 1 aromatic rings. The van der Waals surface area contributed by atoms with Crippen LogP contribution < -0.4 is 10.1 Å². The Labute approximate surface area is 193 Å². The van der Waals surface area contributed by atoms with E-state index >= 15 is 0 Å². The Balaban J connectivity index is 1.13. The molecule has 5 aliphatic rings. The highest BCUT2D eigenvalue weighted by Gasteiger charge is 2.54. The van der Waals surface area contributed by atoms with Gasteiger partial charge in [-0.05, 0) is 62.3 Å². The van der Waals surface area contributed by atoms with Crippen LogP contribution in [0.3, 0.4) is 0 Å². The maximum absolute atomic E-state index is 12.9. The van der Waals surface area contributed by atoms with E-state index < -0.39 is 6.04 Å². The zero-order valence-electron chi connectivity index (χ0n) is 18.8. The predicted octanol–water partition coefficient (Wildman–Crippen LogP) is 1.59. The van der Waals surface area contributed by atoms with Gasteiger partial charge in [-0.1, -0.05) is 6.42 Å². The van der Waals surface area contributed by atoms with E-state index in [0.717, 1.165) is 56.5 Å². The molecule has 0 aromatic heterocycles. The van der Waals surface area contributed by atoms with Crippen LogP contribution >= 0.6 is 0 Å². The molecule has 3 amide bonds. The van der Waals surface area contributed by atoms with E-state index in [9.17, 15) is 19.5 Å². The van der Waals surface area contributed by atoms with Gasteiger partial charge in [-0.2, -0.15) is 0 Å². The molecular formula is C25H31N3O5. The van der Waals surface area contributed by atoms with E-state index in [1.54, 1.807) is 4.90 Å². The number of hydrogen-bond donors (Lipinski definition) is 2. The van der Waals surface area contributed by atoms with Gasteiger partial charge < -0.3 is 14.7 Å². The summed E-state index contributed by atoms with van der Waals surface area (Å²) >= 11 is 0. The van der Waals surface area contributed by atoms with Crippen molar-refractivity contribution in [3.63, 3.8) is 0 Å². The molecule has 33 heavy (non-hydrogen) atoms. The number of rotatable bonds is 4. The fourth-order valence-electron chi connectivity index (χ4n) is 6.68. The third-order valence-corrected chi connectivity index (χ3v) is 8.33. The first kappa shape index (κ1) is 21.1. The summed E-state index contributed by atoms with van der Waals surface area (Å²) in [6.07, 6.45) is 7.04. The molecule has 8 heteroatoms. The number of aliphatic hydroxyl groups excluding tert-OH is 1. The van der Waals surface area contributed by atoms with Crippen molar-refractivity contribution in [1.82, 2.24) is 15.1 Å². The number of amides is 3. The quantitative estimate of drug-likeness (QED) is 0.672. The molecule has 3 aliphatic heterocycles. The second-order valence-electron chi connectivity index (χ2n) is 10.7. The minimum Gasteiger partial charge on any atom is -0.489 e. The smallest absolute Gasteiger partial charge is 0.255 e. The number of piperidine rings is 1. The number of likely N-dealkylation sites (tertiary alicyclic amines) is 1. The summed E-state index contributed by atoms with van der Waals surface area (Å²) < 4.78 is 6.50. The lowest BCUT2D eigenvalue weighted by Crippen LogP contribution is -2.68. The van der Waals surface area contributed by atoms with Crippen LogP contribution in [0.1, 0.15) is 67.3 Å². The molecule has 3 atom stereocenters. The lowest BCUT2D eigenvalue weighted by atomic mass is 9.61. The molecule has 4 fully saturated rings. The first-order valence-corrected chi connectivity index (χ1v) is 12.3. The minimum absolute atomic E-state index is 0.112. The van der Waals surface area contributed by atoms with Gasteiger partial charge in [-0.3, -0.25) is 24.6 Å². The van der Waals surface area contributed by atoms with Crippen LogP contribution in [0.5, 0.6) is 5.75 Å². The molecule has 3 unspecified atom stereocenters. The molecule has 2 N–H and O–H groups in total. The Morgan fingerprint density at radius 1 is 1.06 bits per heavy atom. The van der Waals surface area contributed by atoms with Crippen LogP contribution in [-0.2, 0) is 16.1 Å². The number of aliphatic hydroxyl groups is 1. The standard InChI is InChI=1S/C25H31N3O5/c29-16-10-25(11-16)13-27(14-25)19-3-1-2-4-21(19)33-17-5-6-18-15(9-17)12-28(24(18)32)20-7-8-22(30)26-23(20)31/h5-6,9,16,19-21,29H,1-4,7-8,10-14H2,(H,26,30,31). The highest BCUT2D eigenvalue weighted by atomic mass is 16.5. The monoisotopic (exact) mass is 453 g/mol. The van der Waals surface area contributed by atoms with Gasteiger partial charge in [0.25, 0.3) is 5.91 Å². The van der Waals surface area contributed by atoms with Crippen LogP contribution in [-0.4, -0.2) is 70.0 Å². The maximum atomic E-state index is 12.9. The zero-order chi connectivity index (χ0) is 22.7. The third kappa shape index (κ3) is 3.64. The average molecular weight is 454 g/mol. The molecule has 176 valence electrons. The van der Waals surface area contributed by atoms with Gasteiger partial charge in [0.05, 0.1) is 6.10 Å². The van der Waals surface area contributed by atoms with Crippen LogP contribution in [0, 0.1) is 5.41 Å². The van der Waals surface area contributed by atoms with Gasteiger partial charge in [-0.15, -0.1) is 0 Å². The Kier molecular flexibility index (Phi) is 4.99. The first-order chi connectivity index (χ1) is 15.9. The Hall–Kier alpha value is -2.45. The van der Waals surface area contributed by atoms with Crippen LogP contribution in [0.25, 0.3) is 0 Å². The van der Waals surface area contributed by atoms with Gasteiger partial charge in [0.2, 0.25) is 11.8 Å². The number of imide groups is 1. The molecule has 1 spiro atoms. The highest BCUT2D eigenvalue weighted by Crippen LogP contribution is 2.50. The summed E-state index contributed by atoms with van der Waals surface area (Å²) in [5.74, 6) is -0.0481. The van der Waals surface area contributed by atoms with E-state index in [0.29, 0.717) is 30.0 Å². The molecule has 8 nitrogen and oxygen atoms in total. The molecular weight excluding hydrogens is 422 g/mol. The number of nitrogens with zero attached hydrogens (tertiary/aromatic N) is 2. The van der Waals surface area contributed by atoms with Crippen molar-refractivity contribution >= 4 is 17.7 Å². The van der Waals surface area contributed by atoms with E-state index in [2.05, 4.69) is 10.2 Å². The molecule has 2 aliphatic carbocycles. The minimum atomic E-state index is -0.599. The first-order valence-electron chi connectivity index (χ1n) is 12.3. The van der Waals surface area contributed by atoms with Crippen molar-refractivity contribution in [3.05, 3.63) is 29.3 Å². The van der Waals surface area contributed by atoms with Gasteiger partial charge in [0.1, 0.15) is 17.9 Å². The fourth-order valence-corrected chi connectivity index (χ4v) is 6.68. The Morgan fingerprint density at radius 2 is 1.85 bits per heavy atom. The van der Waals surface area contributed by atoms with Gasteiger partial charge in [0.15, 0.2) is 0 Å². The number of hydrogen-bond acceptors (Lipinski definition) is 6. The molecule has 2 saturated carbocycles. The topological polar surface area (TPSA) is 99.2 Å². The van der Waals surface area contributed by atoms with Crippen LogP contribution in [0.4, 0.5) is 0 Å². The summed E-state index contributed by atoms with van der Waals surface area (Å²) in [4.78, 5) is 40.8. The number of nitrogens with one attached hydrogen (secondary N) is 1. The van der Waals surface area contributed by atoms with Crippen LogP contribution in [0.15, 0.2) is 18.2 Å². The Morgan fingerprint density at radius 3 is 2.61 bits per heavy atom. The molecule has 0 radical (unpaired) electrons. The van der Waals surface area contributed by atoms with Crippen molar-refractivity contribution in [3.8, 4) is 5.75 Å². The SMILES string of the molecule is O=C1CCC(N2Cc3cc(OC4CCCCC4N4CC5(CC(O)C5)C4)ccc3C2=O)C(=O)N1. The van der Waals surface area contributed by atoms with E-state index in [4.69, 9.17) is 4.74 Å². The Bertz CT molecular complexity index is 996. The van der Waals surface area contributed by atoms with E-state index in [-0.39, 0.29) is 36.4 Å². The predicted molar refractivity (Wildman–Crippen MR) is 118 cm³/mol. The zero-order valence-corrected chi connectivity index (χ0v) is 18.8. The summed E-state index contributed by atoms with van der Waals surface area (Å²) in [6, 6.07) is 5.43. The maximum Gasteiger partial charge on any atom is 0.255 e. The van der Waals surface area contributed by atoms with E-state index in [1.807, 2.05) is 18.2 Å². The molecule has 1 aromatic carbocycles. The summed E-state index contributed by atoms with van der Waals surface area (Å²) in [7, 11) is 0. The normalized spacial score (nSPS) is 31.7. The number of carbonyl (C=O) groups is 3.